The molecule has 0 amide bonds. The summed E-state index contributed by atoms with van der Waals surface area (Å²) in [6.45, 7) is -0.0450. The van der Waals surface area contributed by atoms with Crippen LogP contribution < -0.4 is 26.2 Å². The summed E-state index contributed by atoms with van der Waals surface area (Å²) < 4.78 is 0. The zero-order valence-corrected chi connectivity index (χ0v) is 35.6. The van der Waals surface area contributed by atoms with Crippen molar-refractivity contribution < 1.29 is 0 Å². The maximum atomic E-state index is 2.54. The number of hydrogen-bond acceptors (Lipinski definition) is 2. The molecule has 0 spiro atoms. The first-order chi connectivity index (χ1) is 32.2. The van der Waals surface area contributed by atoms with Crippen LogP contribution in [0.25, 0.3) is 66.1 Å². The summed E-state index contributed by atoms with van der Waals surface area (Å²) in [6, 6.07) is 91.7. The Morgan fingerprint density at radius 3 is 0.954 bits per heavy atom. The van der Waals surface area contributed by atoms with Gasteiger partial charge in [-0.05, 0) is 131 Å². The highest BCUT2D eigenvalue weighted by Crippen LogP contribution is 2.48. The minimum absolute atomic E-state index is 0.0450. The Kier molecular flexibility index (Phi) is 8.67. The summed E-state index contributed by atoms with van der Waals surface area (Å²) in [6.07, 6.45) is 0. The van der Waals surface area contributed by atoms with E-state index in [9.17, 15) is 0 Å². The highest BCUT2D eigenvalue weighted by molar-refractivity contribution is 7.03. The lowest BCUT2D eigenvalue weighted by atomic mass is 9.32. The molecule has 65 heavy (non-hydrogen) atoms. The van der Waals surface area contributed by atoms with Gasteiger partial charge < -0.3 is 9.80 Å². The van der Waals surface area contributed by atoms with Crippen molar-refractivity contribution in [2.45, 2.75) is 0 Å². The second kappa shape index (κ2) is 15.2. The summed E-state index contributed by atoms with van der Waals surface area (Å²) in [7, 11) is 0. The topological polar surface area (TPSA) is 6.48 Å². The molecule has 2 aliphatic heterocycles. The van der Waals surface area contributed by atoms with Gasteiger partial charge in [0, 0.05) is 34.1 Å². The van der Waals surface area contributed by atoms with Gasteiger partial charge in [-0.25, -0.2) is 0 Å². The molecular weight excluding hydrogens is 784 g/mol. The first-order valence-corrected chi connectivity index (χ1v) is 22.5. The molecule has 13 rings (SSSR count). The van der Waals surface area contributed by atoms with Crippen molar-refractivity contribution in [3.05, 3.63) is 249 Å². The monoisotopic (exact) mass is 824 g/mol. The molecule has 3 heteroatoms. The summed E-state index contributed by atoms with van der Waals surface area (Å²) in [5.74, 6) is 0. The lowest BCUT2D eigenvalue weighted by Gasteiger charge is -2.45. The summed E-state index contributed by atoms with van der Waals surface area (Å²) in [5, 5.41) is 5.04. The quantitative estimate of drug-likeness (QED) is 0.154. The molecule has 302 valence electrons. The third kappa shape index (κ3) is 6.12. The van der Waals surface area contributed by atoms with E-state index in [0.717, 1.165) is 11.4 Å². The SMILES string of the molecule is c1ccc(-c2ccc(-c3cc4c5c(c3)N(c3ccc(-c6ccccc6)cc3)c3ccc6ccccc6c3B5c3c(ccc5ccccc35)N4c3ccc(-c4ccccc4)cc3)cc2)cc1. The first kappa shape index (κ1) is 37.2. The number of fused-ring (bicyclic) bond motifs is 8. The van der Waals surface area contributed by atoms with Crippen LogP contribution >= 0.6 is 0 Å². The Morgan fingerprint density at radius 2 is 0.554 bits per heavy atom. The van der Waals surface area contributed by atoms with Crippen molar-refractivity contribution in [1.29, 1.82) is 0 Å². The molecule has 2 aliphatic rings. The lowest BCUT2D eigenvalue weighted by molar-refractivity contribution is 1.26. The van der Waals surface area contributed by atoms with Crippen molar-refractivity contribution in [2.75, 3.05) is 9.80 Å². The van der Waals surface area contributed by atoms with Crippen molar-refractivity contribution >= 4 is 78.8 Å². The van der Waals surface area contributed by atoms with Crippen LogP contribution in [0.1, 0.15) is 0 Å². The zero-order valence-electron chi connectivity index (χ0n) is 35.6. The van der Waals surface area contributed by atoms with Crippen LogP contribution in [-0.2, 0) is 0 Å². The van der Waals surface area contributed by atoms with E-state index < -0.39 is 0 Å². The van der Waals surface area contributed by atoms with Gasteiger partial charge in [0.25, 0.3) is 6.71 Å². The number of anilines is 6. The Morgan fingerprint density at radius 1 is 0.231 bits per heavy atom. The summed E-state index contributed by atoms with van der Waals surface area (Å²) in [4.78, 5) is 5.08. The molecule has 0 N–H and O–H groups in total. The highest BCUT2D eigenvalue weighted by atomic mass is 15.2. The number of benzene rings is 11. The van der Waals surface area contributed by atoms with Gasteiger partial charge in [-0.1, -0.05) is 200 Å². The Balaban J connectivity index is 1.11. The predicted molar refractivity (Wildman–Crippen MR) is 277 cm³/mol. The van der Waals surface area contributed by atoms with Crippen molar-refractivity contribution in [1.82, 2.24) is 0 Å². The molecule has 2 heterocycles. The normalized spacial score (nSPS) is 12.5. The molecule has 0 bridgehead atoms. The minimum atomic E-state index is -0.0450. The van der Waals surface area contributed by atoms with Gasteiger partial charge in [0.2, 0.25) is 0 Å². The van der Waals surface area contributed by atoms with Crippen molar-refractivity contribution in [3.63, 3.8) is 0 Å². The molecule has 0 radical (unpaired) electrons. The van der Waals surface area contributed by atoms with Gasteiger partial charge in [0.1, 0.15) is 0 Å². The van der Waals surface area contributed by atoms with Gasteiger partial charge >= 0.3 is 0 Å². The molecule has 0 saturated heterocycles. The Labute approximate surface area is 380 Å². The van der Waals surface area contributed by atoms with E-state index in [1.54, 1.807) is 0 Å². The van der Waals surface area contributed by atoms with Crippen molar-refractivity contribution in [2.24, 2.45) is 0 Å². The molecule has 0 atom stereocenters. The van der Waals surface area contributed by atoms with Gasteiger partial charge in [-0.3, -0.25) is 0 Å². The van der Waals surface area contributed by atoms with Crippen LogP contribution in [-0.4, -0.2) is 6.71 Å². The molecule has 0 aromatic heterocycles. The van der Waals surface area contributed by atoms with Crippen LogP contribution in [0.3, 0.4) is 0 Å². The smallest absolute Gasteiger partial charge is 0.253 e. The van der Waals surface area contributed by atoms with Crippen molar-refractivity contribution in [3.8, 4) is 44.5 Å². The van der Waals surface area contributed by atoms with E-state index in [4.69, 9.17) is 0 Å². The van der Waals surface area contributed by atoms with E-state index in [1.165, 1.54) is 105 Å². The third-order valence-corrected chi connectivity index (χ3v) is 13.7. The largest absolute Gasteiger partial charge is 0.311 e. The highest BCUT2D eigenvalue weighted by Gasteiger charge is 2.45. The summed E-state index contributed by atoms with van der Waals surface area (Å²) >= 11 is 0. The maximum absolute atomic E-state index is 2.54. The van der Waals surface area contributed by atoms with E-state index in [0.29, 0.717) is 0 Å². The fourth-order valence-electron chi connectivity index (χ4n) is 10.6. The van der Waals surface area contributed by atoms with Gasteiger partial charge in [-0.15, -0.1) is 0 Å². The van der Waals surface area contributed by atoms with E-state index in [2.05, 4.69) is 259 Å². The zero-order chi connectivity index (χ0) is 42.8. The molecule has 0 fully saturated rings. The number of rotatable bonds is 6. The van der Waals surface area contributed by atoms with Crippen LogP contribution in [0.15, 0.2) is 249 Å². The van der Waals surface area contributed by atoms with Crippen LogP contribution in [0, 0.1) is 0 Å². The van der Waals surface area contributed by atoms with E-state index in [1.807, 2.05) is 0 Å². The maximum Gasteiger partial charge on any atom is 0.253 e. The van der Waals surface area contributed by atoms with Gasteiger partial charge in [-0.2, -0.15) is 0 Å². The number of nitrogens with zero attached hydrogens (tertiary/aromatic N) is 2. The van der Waals surface area contributed by atoms with Crippen LogP contribution in [0.4, 0.5) is 34.1 Å². The lowest BCUT2D eigenvalue weighted by Crippen LogP contribution is -2.61. The predicted octanol–water partition coefficient (Wildman–Crippen LogP) is 14.7. The molecule has 0 unspecified atom stereocenters. The summed E-state index contributed by atoms with van der Waals surface area (Å²) in [5.41, 5.74) is 20.6. The minimum Gasteiger partial charge on any atom is -0.311 e. The average molecular weight is 825 g/mol. The number of hydrogen-bond donors (Lipinski definition) is 0. The Hall–Kier alpha value is -8.40. The van der Waals surface area contributed by atoms with Crippen LogP contribution in [0.5, 0.6) is 0 Å². The Bertz CT molecular complexity index is 3370. The van der Waals surface area contributed by atoms with Gasteiger partial charge in [0.05, 0.1) is 0 Å². The fourth-order valence-corrected chi connectivity index (χ4v) is 10.6. The van der Waals surface area contributed by atoms with E-state index in [-0.39, 0.29) is 6.71 Å². The average Bonchev–Trinajstić information content (AvgIpc) is 3.39. The van der Waals surface area contributed by atoms with E-state index >= 15 is 0 Å². The first-order valence-electron chi connectivity index (χ1n) is 22.5. The molecule has 11 aromatic rings. The molecule has 0 aliphatic carbocycles. The molecule has 0 saturated carbocycles. The molecular formula is C62H41BN2. The standard InChI is InChI=1S/C62H41BN2/c1-4-14-42(15-5-1)45-24-26-48(27-25-45)51-40-58-62-59(41-51)65(53-36-30-47(31-37-53)44-18-8-3-9-19-44)57-39-33-50-21-11-13-23-55(50)61(57)63(62)60-54-22-12-10-20-49(54)32-38-56(60)64(58)52-34-28-46(29-35-52)43-16-6-2-7-17-43/h1-41H. The molecule has 2 nitrogen and oxygen atoms in total. The third-order valence-electron chi connectivity index (χ3n) is 13.7. The fraction of sp³-hybridized carbons (Fsp3) is 0. The van der Waals surface area contributed by atoms with Crippen LogP contribution in [0.2, 0.25) is 0 Å². The second-order valence-electron chi connectivity index (χ2n) is 17.2. The second-order valence-corrected chi connectivity index (χ2v) is 17.2. The van der Waals surface area contributed by atoms with Gasteiger partial charge in [0.15, 0.2) is 0 Å². The molecule has 11 aromatic carbocycles.